The number of amides is 1. The SMILES string of the molecule is CS(=O)(=O)N1CCN(C(=O)COC(=O)c2c(-n3cccc3)sc3c2CCSC3)CC1. The van der Waals surface area contributed by atoms with Crippen LogP contribution in [0.1, 0.15) is 20.8 Å². The average Bonchev–Trinajstić information content (AvgIpc) is 3.38. The number of sulfonamides is 1. The normalized spacial score (nSPS) is 17.6. The number of rotatable bonds is 5. The van der Waals surface area contributed by atoms with Gasteiger partial charge in [-0.25, -0.2) is 13.2 Å². The Morgan fingerprint density at radius 2 is 1.83 bits per heavy atom. The Morgan fingerprint density at radius 1 is 1.13 bits per heavy atom. The fourth-order valence-corrected chi connectivity index (χ4v) is 6.90. The summed E-state index contributed by atoms with van der Waals surface area (Å²) >= 11 is 3.45. The third kappa shape index (κ3) is 4.43. The highest BCUT2D eigenvalue weighted by Crippen LogP contribution is 2.38. The number of carbonyl (C=O) groups excluding carboxylic acids is 2. The van der Waals surface area contributed by atoms with E-state index in [4.69, 9.17) is 4.74 Å². The summed E-state index contributed by atoms with van der Waals surface area (Å²) in [6.45, 7) is 0.756. The Hall–Kier alpha value is -1.82. The van der Waals surface area contributed by atoms with Crippen molar-refractivity contribution in [2.75, 3.05) is 44.8 Å². The van der Waals surface area contributed by atoms with Crippen molar-refractivity contribution in [1.82, 2.24) is 13.8 Å². The van der Waals surface area contributed by atoms with Gasteiger partial charge in [0.15, 0.2) is 6.61 Å². The maximum atomic E-state index is 13.0. The summed E-state index contributed by atoms with van der Waals surface area (Å²) < 4.78 is 31.9. The van der Waals surface area contributed by atoms with Crippen molar-refractivity contribution in [3.05, 3.63) is 40.5 Å². The van der Waals surface area contributed by atoms with Crippen LogP contribution in [0.4, 0.5) is 0 Å². The third-order valence-corrected chi connectivity index (χ3v) is 8.95. The molecule has 162 valence electrons. The molecule has 2 aromatic heterocycles. The first-order chi connectivity index (χ1) is 14.3. The number of thioether (sulfide) groups is 1. The second kappa shape index (κ2) is 8.74. The minimum atomic E-state index is -3.26. The van der Waals surface area contributed by atoms with Gasteiger partial charge in [0.05, 0.1) is 11.8 Å². The molecular weight excluding hydrogens is 446 g/mol. The molecule has 1 amide bonds. The molecule has 0 spiro atoms. The summed E-state index contributed by atoms with van der Waals surface area (Å²) in [5.74, 6) is 1.05. The molecule has 0 bridgehead atoms. The molecule has 11 heteroatoms. The zero-order chi connectivity index (χ0) is 21.3. The van der Waals surface area contributed by atoms with Crippen LogP contribution in [0.25, 0.3) is 5.00 Å². The van der Waals surface area contributed by atoms with Crippen LogP contribution in [0.2, 0.25) is 0 Å². The smallest absolute Gasteiger partial charge is 0.341 e. The standard InChI is InChI=1S/C19H23N3O5S3/c1-30(25,26)22-9-7-20(8-10-22)16(23)12-27-19(24)17-14-4-11-28-13-15(14)29-18(17)21-5-2-3-6-21/h2-3,5-6H,4,7-13H2,1H3. The number of carbonyl (C=O) groups is 2. The van der Waals surface area contributed by atoms with E-state index in [2.05, 4.69) is 0 Å². The minimum Gasteiger partial charge on any atom is -0.452 e. The van der Waals surface area contributed by atoms with E-state index in [1.165, 1.54) is 9.18 Å². The minimum absolute atomic E-state index is 0.256. The van der Waals surface area contributed by atoms with Crippen LogP contribution in [-0.2, 0) is 31.7 Å². The summed E-state index contributed by atoms with van der Waals surface area (Å²) in [6, 6.07) is 3.81. The highest BCUT2D eigenvalue weighted by molar-refractivity contribution is 7.98. The number of hydrogen-bond donors (Lipinski definition) is 0. The van der Waals surface area contributed by atoms with E-state index < -0.39 is 16.0 Å². The summed E-state index contributed by atoms with van der Waals surface area (Å²) in [4.78, 5) is 28.2. The number of hydrogen-bond acceptors (Lipinski definition) is 7. The number of esters is 1. The number of fused-ring (bicyclic) bond motifs is 1. The van der Waals surface area contributed by atoms with Crippen molar-refractivity contribution in [2.24, 2.45) is 0 Å². The second-order valence-corrected chi connectivity index (χ2v) is 11.4. The van der Waals surface area contributed by atoms with E-state index in [1.54, 1.807) is 16.2 Å². The predicted octanol–water partition coefficient (Wildman–Crippen LogP) is 1.59. The van der Waals surface area contributed by atoms with Crippen molar-refractivity contribution < 1.29 is 22.7 Å². The summed E-state index contributed by atoms with van der Waals surface area (Å²) in [6.07, 6.45) is 5.76. The third-order valence-electron chi connectivity index (χ3n) is 5.23. The van der Waals surface area contributed by atoms with Crippen LogP contribution in [0, 0.1) is 0 Å². The van der Waals surface area contributed by atoms with Crippen LogP contribution >= 0.6 is 23.1 Å². The molecule has 8 nitrogen and oxygen atoms in total. The van der Waals surface area contributed by atoms with E-state index in [1.807, 2.05) is 40.9 Å². The number of nitrogens with zero attached hydrogens (tertiary/aromatic N) is 3. The van der Waals surface area contributed by atoms with Crippen LogP contribution in [0.15, 0.2) is 24.5 Å². The van der Waals surface area contributed by atoms with E-state index in [0.717, 1.165) is 34.7 Å². The molecule has 2 aliphatic rings. The Balaban J connectivity index is 1.44. The van der Waals surface area contributed by atoms with E-state index in [-0.39, 0.29) is 25.6 Å². The van der Waals surface area contributed by atoms with E-state index >= 15 is 0 Å². The lowest BCUT2D eigenvalue weighted by atomic mass is 10.1. The van der Waals surface area contributed by atoms with Crippen LogP contribution < -0.4 is 0 Å². The fraction of sp³-hybridized carbons (Fsp3) is 0.474. The highest BCUT2D eigenvalue weighted by atomic mass is 32.2. The molecule has 30 heavy (non-hydrogen) atoms. The van der Waals surface area contributed by atoms with Gasteiger partial charge in [-0.2, -0.15) is 16.1 Å². The molecular formula is C19H23N3O5S3. The maximum absolute atomic E-state index is 13.0. The molecule has 0 atom stereocenters. The van der Waals surface area contributed by atoms with Gasteiger partial charge < -0.3 is 14.2 Å². The van der Waals surface area contributed by atoms with Crippen molar-refractivity contribution in [1.29, 1.82) is 0 Å². The first kappa shape index (κ1) is 21.4. The topological polar surface area (TPSA) is 88.9 Å². The van der Waals surface area contributed by atoms with E-state index in [0.29, 0.717) is 18.7 Å². The Labute approximate surface area is 183 Å². The number of aromatic nitrogens is 1. The number of thiophene rings is 1. The van der Waals surface area contributed by atoms with Gasteiger partial charge in [-0.15, -0.1) is 11.3 Å². The molecule has 0 saturated carbocycles. The van der Waals surface area contributed by atoms with Crippen LogP contribution in [0.5, 0.6) is 0 Å². The maximum Gasteiger partial charge on any atom is 0.341 e. The van der Waals surface area contributed by atoms with Gasteiger partial charge in [-0.1, -0.05) is 0 Å². The summed E-state index contributed by atoms with van der Waals surface area (Å²) in [5, 5.41) is 0.826. The van der Waals surface area contributed by atoms with Gasteiger partial charge in [0, 0.05) is 49.2 Å². The Morgan fingerprint density at radius 3 is 2.50 bits per heavy atom. The van der Waals surface area contributed by atoms with Gasteiger partial charge in [0.2, 0.25) is 10.0 Å². The summed E-state index contributed by atoms with van der Waals surface area (Å²) in [5.41, 5.74) is 1.59. The van der Waals surface area contributed by atoms with Crippen molar-refractivity contribution in [2.45, 2.75) is 12.2 Å². The predicted molar refractivity (Wildman–Crippen MR) is 117 cm³/mol. The zero-order valence-corrected chi connectivity index (χ0v) is 19.0. The van der Waals surface area contributed by atoms with E-state index in [9.17, 15) is 18.0 Å². The molecule has 2 aromatic rings. The second-order valence-electron chi connectivity index (χ2n) is 7.20. The molecule has 0 radical (unpaired) electrons. The monoisotopic (exact) mass is 469 g/mol. The molecule has 0 unspecified atom stereocenters. The Kier molecular flexibility index (Phi) is 6.24. The van der Waals surface area contributed by atoms with Crippen molar-refractivity contribution in [3.63, 3.8) is 0 Å². The van der Waals surface area contributed by atoms with Crippen LogP contribution in [-0.4, -0.2) is 78.9 Å². The first-order valence-corrected chi connectivity index (χ1v) is 13.4. The van der Waals surface area contributed by atoms with Crippen LogP contribution in [0.3, 0.4) is 0 Å². The molecule has 1 saturated heterocycles. The molecule has 1 fully saturated rings. The van der Waals surface area contributed by atoms with Gasteiger partial charge in [-0.3, -0.25) is 4.79 Å². The molecule has 4 rings (SSSR count). The number of ether oxygens (including phenoxy) is 1. The molecule has 0 aromatic carbocycles. The molecule has 4 heterocycles. The first-order valence-electron chi connectivity index (χ1n) is 9.60. The lowest BCUT2D eigenvalue weighted by Gasteiger charge is -2.33. The summed E-state index contributed by atoms with van der Waals surface area (Å²) in [7, 11) is -3.26. The van der Waals surface area contributed by atoms with Gasteiger partial charge in [-0.05, 0) is 29.9 Å². The molecule has 2 aliphatic heterocycles. The largest absolute Gasteiger partial charge is 0.452 e. The lowest BCUT2D eigenvalue weighted by molar-refractivity contribution is -0.135. The van der Waals surface area contributed by atoms with Gasteiger partial charge in [0.25, 0.3) is 5.91 Å². The average molecular weight is 470 g/mol. The highest BCUT2D eigenvalue weighted by Gasteiger charge is 2.29. The van der Waals surface area contributed by atoms with Crippen molar-refractivity contribution in [3.8, 4) is 5.00 Å². The quantitative estimate of drug-likeness (QED) is 0.618. The zero-order valence-electron chi connectivity index (χ0n) is 16.6. The lowest BCUT2D eigenvalue weighted by Crippen LogP contribution is -2.51. The number of piperazine rings is 1. The molecule has 0 aliphatic carbocycles. The fourth-order valence-electron chi connectivity index (χ4n) is 3.64. The van der Waals surface area contributed by atoms with Crippen molar-refractivity contribution >= 4 is 45.0 Å². The van der Waals surface area contributed by atoms with Gasteiger partial charge >= 0.3 is 5.97 Å². The molecule has 0 N–H and O–H groups in total. The Bertz CT molecular complexity index is 1040. The van der Waals surface area contributed by atoms with Gasteiger partial charge in [0.1, 0.15) is 5.00 Å².